The van der Waals surface area contributed by atoms with Gasteiger partial charge in [0.2, 0.25) is 0 Å². The highest BCUT2D eigenvalue weighted by atomic mass is 16.5. The Balaban J connectivity index is 1.73. The van der Waals surface area contributed by atoms with Gasteiger partial charge in [0.1, 0.15) is 0 Å². The van der Waals surface area contributed by atoms with Crippen LogP contribution in [-0.2, 0) is 4.74 Å². The topological polar surface area (TPSA) is 49.9 Å². The number of amides is 2. The molecule has 0 bridgehead atoms. The van der Waals surface area contributed by atoms with E-state index in [1.807, 2.05) is 72.6 Å². The highest BCUT2D eigenvalue weighted by molar-refractivity contribution is 5.95. The van der Waals surface area contributed by atoms with Crippen LogP contribution >= 0.6 is 0 Å². The van der Waals surface area contributed by atoms with E-state index in [4.69, 9.17) is 4.74 Å². The molecule has 1 aliphatic rings. The van der Waals surface area contributed by atoms with E-state index in [0.717, 1.165) is 0 Å². The Labute approximate surface area is 160 Å². The number of likely N-dealkylation sites (tertiary alicyclic amines) is 1. The van der Waals surface area contributed by atoms with Crippen LogP contribution in [0.5, 0.6) is 0 Å². The van der Waals surface area contributed by atoms with Crippen LogP contribution in [0.25, 0.3) is 0 Å². The maximum Gasteiger partial charge on any atom is 0.254 e. The Morgan fingerprint density at radius 1 is 0.963 bits per heavy atom. The van der Waals surface area contributed by atoms with Crippen molar-refractivity contribution >= 4 is 11.8 Å². The van der Waals surface area contributed by atoms with Crippen molar-refractivity contribution in [3.05, 3.63) is 71.8 Å². The van der Waals surface area contributed by atoms with Crippen molar-refractivity contribution in [1.29, 1.82) is 0 Å². The predicted octanol–water partition coefficient (Wildman–Crippen LogP) is 3.08. The monoisotopic (exact) mass is 366 g/mol. The minimum Gasteiger partial charge on any atom is -0.382 e. The number of likely N-dealkylation sites (N-methyl/N-ethyl adjacent to an activating group) is 1. The summed E-state index contributed by atoms with van der Waals surface area (Å²) in [7, 11) is 3.49. The summed E-state index contributed by atoms with van der Waals surface area (Å²) in [5, 5.41) is 0. The minimum absolute atomic E-state index is 0.0181. The van der Waals surface area contributed by atoms with E-state index >= 15 is 0 Å². The fourth-order valence-corrected chi connectivity index (χ4v) is 3.72. The summed E-state index contributed by atoms with van der Waals surface area (Å²) < 4.78 is 5.47. The molecule has 5 nitrogen and oxygen atoms in total. The van der Waals surface area contributed by atoms with Crippen LogP contribution in [0.3, 0.4) is 0 Å². The first-order chi connectivity index (χ1) is 13.1. The van der Waals surface area contributed by atoms with Crippen LogP contribution in [0.2, 0.25) is 0 Å². The van der Waals surface area contributed by atoms with Crippen LogP contribution in [0.1, 0.15) is 33.6 Å². The molecule has 0 aliphatic carbocycles. The summed E-state index contributed by atoms with van der Waals surface area (Å²) in [4.78, 5) is 29.3. The summed E-state index contributed by atoms with van der Waals surface area (Å²) in [6.07, 6.45) is 1.38. The summed E-state index contributed by atoms with van der Waals surface area (Å²) in [5.41, 5.74) is 0.957. The molecular weight excluding hydrogens is 340 g/mol. The molecule has 1 saturated heterocycles. The SMILES string of the molecule is COCC1(N(C)C(=O)c2ccccc2)CCN(C(=O)c2ccccc2)CC1. The first kappa shape index (κ1) is 19.1. The number of ether oxygens (including phenoxy) is 1. The number of methoxy groups -OCH3 is 1. The highest BCUT2D eigenvalue weighted by Gasteiger charge is 2.41. The lowest BCUT2D eigenvalue weighted by atomic mass is 9.85. The molecule has 1 heterocycles. The van der Waals surface area contributed by atoms with Crippen LogP contribution in [0.15, 0.2) is 60.7 Å². The minimum atomic E-state index is -0.408. The molecule has 3 rings (SSSR count). The third-order valence-electron chi connectivity index (χ3n) is 5.45. The van der Waals surface area contributed by atoms with Crippen molar-refractivity contribution in [2.45, 2.75) is 18.4 Å². The molecule has 27 heavy (non-hydrogen) atoms. The zero-order valence-electron chi connectivity index (χ0n) is 15.9. The van der Waals surface area contributed by atoms with Gasteiger partial charge in [-0.15, -0.1) is 0 Å². The number of piperidine rings is 1. The van der Waals surface area contributed by atoms with Gasteiger partial charge in [-0.05, 0) is 37.1 Å². The molecule has 2 aromatic carbocycles. The standard InChI is InChI=1S/C22H26N2O3/c1-23(20(25)18-9-5-3-6-10-18)22(17-27-2)13-15-24(16-14-22)21(26)19-11-7-4-8-12-19/h3-12H,13-17H2,1-2H3. The van der Waals surface area contributed by atoms with Crippen LogP contribution in [0.4, 0.5) is 0 Å². The van der Waals surface area contributed by atoms with Crippen molar-refractivity contribution in [3.63, 3.8) is 0 Å². The number of nitrogens with zero attached hydrogens (tertiary/aromatic N) is 2. The molecule has 0 saturated carbocycles. The van der Waals surface area contributed by atoms with Gasteiger partial charge in [-0.2, -0.15) is 0 Å². The third-order valence-corrected chi connectivity index (χ3v) is 5.45. The lowest BCUT2D eigenvalue weighted by Gasteiger charge is -2.47. The van der Waals surface area contributed by atoms with Gasteiger partial charge in [0.25, 0.3) is 11.8 Å². The number of benzene rings is 2. The van der Waals surface area contributed by atoms with E-state index in [-0.39, 0.29) is 11.8 Å². The predicted molar refractivity (Wildman–Crippen MR) is 105 cm³/mol. The zero-order valence-corrected chi connectivity index (χ0v) is 15.9. The molecule has 5 heteroatoms. The quantitative estimate of drug-likeness (QED) is 0.817. The molecule has 0 N–H and O–H groups in total. The maximum atomic E-state index is 13.0. The molecule has 2 amide bonds. The number of hydrogen-bond acceptors (Lipinski definition) is 3. The smallest absolute Gasteiger partial charge is 0.254 e. The van der Waals surface area contributed by atoms with E-state index in [1.54, 1.807) is 12.0 Å². The van der Waals surface area contributed by atoms with Gasteiger partial charge in [-0.1, -0.05) is 36.4 Å². The second-order valence-corrected chi connectivity index (χ2v) is 7.05. The second kappa shape index (κ2) is 8.35. The lowest BCUT2D eigenvalue weighted by Crippen LogP contribution is -2.59. The van der Waals surface area contributed by atoms with Crippen LogP contribution in [0, 0.1) is 0 Å². The van der Waals surface area contributed by atoms with Crippen molar-refractivity contribution < 1.29 is 14.3 Å². The summed E-state index contributed by atoms with van der Waals surface area (Å²) >= 11 is 0. The van der Waals surface area contributed by atoms with Gasteiger partial charge < -0.3 is 14.5 Å². The molecule has 1 fully saturated rings. The molecule has 1 aliphatic heterocycles. The largest absolute Gasteiger partial charge is 0.382 e. The number of carbonyl (C=O) groups excluding carboxylic acids is 2. The van der Waals surface area contributed by atoms with Crippen molar-refractivity contribution in [2.75, 3.05) is 33.9 Å². The van der Waals surface area contributed by atoms with E-state index < -0.39 is 5.54 Å². The third kappa shape index (κ3) is 4.03. The van der Waals surface area contributed by atoms with E-state index in [0.29, 0.717) is 43.7 Å². The Kier molecular flexibility index (Phi) is 5.91. The Hall–Kier alpha value is -2.66. The van der Waals surface area contributed by atoms with Gasteiger partial charge in [-0.25, -0.2) is 0 Å². The molecule has 0 aromatic heterocycles. The normalized spacial score (nSPS) is 16.0. The molecule has 0 spiro atoms. The Morgan fingerprint density at radius 2 is 1.48 bits per heavy atom. The molecule has 0 radical (unpaired) electrons. The van der Waals surface area contributed by atoms with E-state index in [9.17, 15) is 9.59 Å². The highest BCUT2D eigenvalue weighted by Crippen LogP contribution is 2.30. The van der Waals surface area contributed by atoms with Gasteiger partial charge in [0, 0.05) is 38.4 Å². The summed E-state index contributed by atoms with van der Waals surface area (Å²) in [6.45, 7) is 1.66. The average molecular weight is 366 g/mol. The number of carbonyl (C=O) groups is 2. The summed E-state index contributed by atoms with van der Waals surface area (Å²) in [6, 6.07) is 18.6. The number of rotatable bonds is 5. The van der Waals surface area contributed by atoms with Crippen LogP contribution < -0.4 is 0 Å². The molecule has 0 unspecified atom stereocenters. The maximum absolute atomic E-state index is 13.0. The van der Waals surface area contributed by atoms with Crippen LogP contribution in [-0.4, -0.2) is 61.0 Å². The van der Waals surface area contributed by atoms with Crippen molar-refractivity contribution in [2.24, 2.45) is 0 Å². The molecule has 142 valence electrons. The van der Waals surface area contributed by atoms with E-state index in [2.05, 4.69) is 0 Å². The fraction of sp³-hybridized carbons (Fsp3) is 0.364. The Morgan fingerprint density at radius 3 is 2.00 bits per heavy atom. The number of hydrogen-bond donors (Lipinski definition) is 0. The Bertz CT molecular complexity index is 769. The molecule has 2 aromatic rings. The first-order valence-electron chi connectivity index (χ1n) is 9.24. The van der Waals surface area contributed by atoms with Crippen molar-refractivity contribution in [3.8, 4) is 0 Å². The first-order valence-corrected chi connectivity index (χ1v) is 9.24. The average Bonchev–Trinajstić information content (AvgIpc) is 2.74. The zero-order chi connectivity index (χ0) is 19.3. The van der Waals surface area contributed by atoms with Gasteiger partial charge in [0.15, 0.2) is 0 Å². The summed E-state index contributed by atoms with van der Waals surface area (Å²) in [5.74, 6) is 0.0224. The van der Waals surface area contributed by atoms with E-state index in [1.165, 1.54) is 0 Å². The van der Waals surface area contributed by atoms with Gasteiger partial charge in [-0.3, -0.25) is 9.59 Å². The lowest BCUT2D eigenvalue weighted by molar-refractivity contribution is -0.00943. The van der Waals surface area contributed by atoms with Gasteiger partial charge >= 0.3 is 0 Å². The van der Waals surface area contributed by atoms with Crippen molar-refractivity contribution in [1.82, 2.24) is 9.80 Å². The molecular formula is C22H26N2O3. The molecule has 0 atom stereocenters. The second-order valence-electron chi connectivity index (χ2n) is 7.05. The van der Waals surface area contributed by atoms with Gasteiger partial charge in [0.05, 0.1) is 12.1 Å². The fourth-order valence-electron chi connectivity index (χ4n) is 3.72.